The van der Waals surface area contributed by atoms with Gasteiger partial charge in [-0.1, -0.05) is 41.6 Å². The summed E-state index contributed by atoms with van der Waals surface area (Å²) in [6.45, 7) is 0. The van der Waals surface area contributed by atoms with Gasteiger partial charge in [-0.2, -0.15) is 0 Å². The molecule has 1 aromatic heterocycles. The van der Waals surface area contributed by atoms with E-state index in [0.29, 0.717) is 21.6 Å². The summed E-state index contributed by atoms with van der Waals surface area (Å²) in [5, 5.41) is 3.24. The fraction of sp³-hybridized carbons (Fsp3) is 0. The first-order valence-electron chi connectivity index (χ1n) is 8.51. The largest absolute Gasteiger partial charge is 0.450 e. The van der Waals surface area contributed by atoms with Crippen molar-refractivity contribution in [3.63, 3.8) is 0 Å². The van der Waals surface area contributed by atoms with Crippen molar-refractivity contribution in [2.24, 2.45) is 0 Å². The highest BCUT2D eigenvalue weighted by molar-refractivity contribution is 7.99. The zero-order valence-electron chi connectivity index (χ0n) is 14.8. The number of nitrogens with one attached hydrogen (secondary N) is 1. The minimum atomic E-state index is -0.820. The Kier molecular flexibility index (Phi) is 5.24. The highest BCUT2D eigenvalue weighted by Crippen LogP contribution is 2.30. The summed E-state index contributed by atoms with van der Waals surface area (Å²) in [5.74, 6) is -1.19. The number of carbonyl (C=O) groups is 3. The number of furan rings is 1. The molecule has 0 saturated carbocycles. The molecule has 4 rings (SSSR count). The molecule has 0 bridgehead atoms. The molecule has 0 aliphatic carbocycles. The number of barbiturate groups is 1. The Morgan fingerprint density at radius 3 is 2.38 bits per heavy atom. The summed E-state index contributed by atoms with van der Waals surface area (Å²) in [5.41, 5.74) is 0.0974. The van der Waals surface area contributed by atoms with E-state index in [2.05, 4.69) is 5.32 Å². The number of rotatable bonds is 4. The minimum Gasteiger partial charge on any atom is -0.450 e. The predicted octanol–water partition coefficient (Wildman–Crippen LogP) is 4.75. The van der Waals surface area contributed by atoms with Crippen molar-refractivity contribution in [3.8, 4) is 0 Å². The van der Waals surface area contributed by atoms with E-state index < -0.39 is 17.8 Å². The van der Waals surface area contributed by atoms with Crippen LogP contribution in [-0.4, -0.2) is 17.8 Å². The van der Waals surface area contributed by atoms with E-state index in [1.165, 1.54) is 30.0 Å². The van der Waals surface area contributed by atoms with Crippen LogP contribution in [0.5, 0.6) is 0 Å². The molecular weight excluding hydrogens is 412 g/mol. The van der Waals surface area contributed by atoms with Crippen LogP contribution in [0.2, 0.25) is 5.02 Å². The fourth-order valence-corrected chi connectivity index (χ4v) is 3.62. The summed E-state index contributed by atoms with van der Waals surface area (Å²) >= 11 is 7.27. The lowest BCUT2D eigenvalue weighted by Crippen LogP contribution is -2.54. The third-order valence-corrected chi connectivity index (χ3v) is 5.22. The molecule has 0 unspecified atom stereocenters. The molecule has 1 N–H and O–H groups in total. The first-order chi connectivity index (χ1) is 14.0. The maximum Gasteiger partial charge on any atom is 0.335 e. The average molecular weight is 425 g/mol. The normalized spacial score (nSPS) is 15.7. The molecule has 8 heteroatoms. The van der Waals surface area contributed by atoms with Crippen LogP contribution in [0.3, 0.4) is 0 Å². The standard InChI is InChI=1S/C21H13ClN2O4S/c22-13-6-8-14(9-7-13)24-20(26)17(19(25)23-21(24)27)12-15-10-11-18(28-15)29-16-4-2-1-3-5-16/h1-12H,(H,23,25,27)/b17-12+. The van der Waals surface area contributed by atoms with Crippen LogP contribution >= 0.6 is 23.4 Å². The third-order valence-electron chi connectivity index (χ3n) is 4.04. The Bertz CT molecular complexity index is 1120. The van der Waals surface area contributed by atoms with Gasteiger partial charge in [-0.15, -0.1) is 0 Å². The van der Waals surface area contributed by atoms with Gasteiger partial charge in [0.1, 0.15) is 11.3 Å². The van der Waals surface area contributed by atoms with Crippen LogP contribution in [0.4, 0.5) is 10.5 Å². The molecular formula is C21H13ClN2O4S. The van der Waals surface area contributed by atoms with Gasteiger partial charge in [0.15, 0.2) is 5.09 Å². The van der Waals surface area contributed by atoms with Gasteiger partial charge in [0.2, 0.25) is 0 Å². The van der Waals surface area contributed by atoms with Crippen LogP contribution in [0.1, 0.15) is 5.76 Å². The first kappa shape index (κ1) is 19.0. The van der Waals surface area contributed by atoms with Crippen molar-refractivity contribution in [2.75, 3.05) is 4.90 Å². The van der Waals surface area contributed by atoms with Crippen molar-refractivity contribution in [3.05, 3.63) is 83.1 Å². The van der Waals surface area contributed by atoms with E-state index in [4.69, 9.17) is 16.0 Å². The molecule has 1 fully saturated rings. The van der Waals surface area contributed by atoms with Gasteiger partial charge in [-0.3, -0.25) is 14.9 Å². The Balaban J connectivity index is 1.60. The molecule has 1 aliphatic heterocycles. The zero-order valence-corrected chi connectivity index (χ0v) is 16.4. The number of halogens is 1. The van der Waals surface area contributed by atoms with Gasteiger partial charge in [0.05, 0.1) is 5.69 Å². The zero-order chi connectivity index (χ0) is 20.4. The summed E-state index contributed by atoms with van der Waals surface area (Å²) < 4.78 is 5.70. The highest BCUT2D eigenvalue weighted by atomic mass is 35.5. The van der Waals surface area contributed by atoms with Gasteiger partial charge < -0.3 is 4.42 Å². The molecule has 1 saturated heterocycles. The number of amides is 4. The van der Waals surface area contributed by atoms with Crippen LogP contribution in [-0.2, 0) is 9.59 Å². The summed E-state index contributed by atoms with van der Waals surface area (Å²) in [7, 11) is 0. The van der Waals surface area contributed by atoms with E-state index in [9.17, 15) is 14.4 Å². The van der Waals surface area contributed by atoms with Gasteiger partial charge >= 0.3 is 6.03 Å². The molecule has 0 spiro atoms. The lowest BCUT2D eigenvalue weighted by Gasteiger charge is -2.26. The summed E-state index contributed by atoms with van der Waals surface area (Å²) in [6, 6.07) is 18.4. The molecule has 4 amide bonds. The van der Waals surface area contributed by atoms with E-state index in [1.807, 2.05) is 30.3 Å². The predicted molar refractivity (Wildman–Crippen MR) is 110 cm³/mol. The fourth-order valence-electron chi connectivity index (χ4n) is 2.70. The Morgan fingerprint density at radius 2 is 1.66 bits per heavy atom. The maximum absolute atomic E-state index is 12.8. The first-order valence-corrected chi connectivity index (χ1v) is 9.70. The monoisotopic (exact) mass is 424 g/mol. The molecule has 2 aromatic carbocycles. The number of urea groups is 1. The molecule has 0 radical (unpaired) electrons. The second-order valence-corrected chi connectivity index (χ2v) is 7.52. The average Bonchev–Trinajstić information content (AvgIpc) is 3.14. The van der Waals surface area contributed by atoms with Crippen molar-refractivity contribution < 1.29 is 18.8 Å². The van der Waals surface area contributed by atoms with Crippen LogP contribution in [0.25, 0.3) is 6.08 Å². The summed E-state index contributed by atoms with van der Waals surface area (Å²) in [4.78, 5) is 39.1. The molecule has 1 aliphatic rings. The Morgan fingerprint density at radius 1 is 0.931 bits per heavy atom. The topological polar surface area (TPSA) is 79.6 Å². The van der Waals surface area contributed by atoms with Crippen molar-refractivity contribution in [1.82, 2.24) is 5.32 Å². The van der Waals surface area contributed by atoms with Gasteiger partial charge in [-0.05, 0) is 54.6 Å². The molecule has 29 heavy (non-hydrogen) atoms. The minimum absolute atomic E-state index is 0.204. The van der Waals surface area contributed by atoms with E-state index in [1.54, 1.807) is 24.3 Å². The third kappa shape index (κ3) is 4.11. The van der Waals surface area contributed by atoms with E-state index >= 15 is 0 Å². The molecule has 3 aromatic rings. The summed E-state index contributed by atoms with van der Waals surface area (Å²) in [6.07, 6.45) is 1.32. The Labute approximate surface area is 175 Å². The number of anilines is 1. The molecule has 6 nitrogen and oxygen atoms in total. The lowest BCUT2D eigenvalue weighted by molar-refractivity contribution is -0.122. The number of nitrogens with zero attached hydrogens (tertiary/aromatic N) is 1. The van der Waals surface area contributed by atoms with Gasteiger partial charge in [0.25, 0.3) is 11.8 Å². The van der Waals surface area contributed by atoms with Gasteiger partial charge in [0, 0.05) is 9.92 Å². The second kappa shape index (κ2) is 7.98. The molecule has 144 valence electrons. The number of hydrogen-bond acceptors (Lipinski definition) is 5. The van der Waals surface area contributed by atoms with Gasteiger partial charge in [-0.25, -0.2) is 9.69 Å². The number of imide groups is 2. The Hall–Kier alpha value is -3.29. The van der Waals surface area contributed by atoms with E-state index in [-0.39, 0.29) is 5.57 Å². The van der Waals surface area contributed by atoms with Crippen LogP contribution < -0.4 is 10.2 Å². The second-order valence-electron chi connectivity index (χ2n) is 6.01. The number of hydrogen-bond donors (Lipinski definition) is 1. The number of carbonyl (C=O) groups excluding carboxylic acids is 3. The van der Waals surface area contributed by atoms with Crippen molar-refractivity contribution in [1.29, 1.82) is 0 Å². The van der Waals surface area contributed by atoms with Crippen molar-refractivity contribution >= 4 is 53.0 Å². The van der Waals surface area contributed by atoms with Crippen LogP contribution in [0, 0.1) is 0 Å². The maximum atomic E-state index is 12.8. The highest BCUT2D eigenvalue weighted by Gasteiger charge is 2.37. The lowest BCUT2D eigenvalue weighted by atomic mass is 10.1. The quantitative estimate of drug-likeness (QED) is 0.483. The SMILES string of the molecule is O=C1NC(=O)N(c2ccc(Cl)cc2)C(=O)/C1=C/c1ccc(Sc2ccccc2)o1. The molecule has 0 atom stereocenters. The smallest absolute Gasteiger partial charge is 0.335 e. The number of benzene rings is 2. The van der Waals surface area contributed by atoms with E-state index in [0.717, 1.165) is 9.80 Å². The molecule has 2 heterocycles. The van der Waals surface area contributed by atoms with Crippen LogP contribution in [0.15, 0.2) is 86.7 Å². The van der Waals surface area contributed by atoms with Crippen molar-refractivity contribution in [2.45, 2.75) is 9.99 Å².